The van der Waals surface area contributed by atoms with E-state index in [0.717, 1.165) is 43.1 Å². The van der Waals surface area contributed by atoms with Crippen molar-refractivity contribution in [2.45, 2.75) is 6.04 Å². The highest BCUT2D eigenvalue weighted by atomic mass is 79.9. The van der Waals surface area contributed by atoms with Crippen LogP contribution in [0.3, 0.4) is 0 Å². The molecular weight excluding hydrogens is 516 g/mol. The van der Waals surface area contributed by atoms with Gasteiger partial charge in [-0.1, -0.05) is 52.3 Å². The van der Waals surface area contributed by atoms with Crippen LogP contribution >= 0.6 is 15.9 Å². The Labute approximate surface area is 216 Å². The zero-order chi connectivity index (χ0) is 24.6. The van der Waals surface area contributed by atoms with E-state index < -0.39 is 0 Å². The fourth-order valence-corrected chi connectivity index (χ4v) is 4.93. The van der Waals surface area contributed by atoms with Crippen molar-refractivity contribution in [1.29, 1.82) is 0 Å². The average molecular weight is 537 g/mol. The molecule has 0 fully saturated rings. The molecule has 6 rings (SSSR count). The Balaban J connectivity index is 1.33. The predicted molar refractivity (Wildman–Crippen MR) is 146 cm³/mol. The fraction of sp³-hybridized carbons (Fsp3) is 0.0690. The lowest BCUT2D eigenvalue weighted by Gasteiger charge is -2.32. The van der Waals surface area contributed by atoms with Gasteiger partial charge in [-0.05, 0) is 54.6 Å². The van der Waals surface area contributed by atoms with Crippen LogP contribution in [0.15, 0.2) is 112 Å². The van der Waals surface area contributed by atoms with E-state index in [4.69, 9.17) is 9.82 Å². The van der Waals surface area contributed by atoms with Crippen LogP contribution in [0.2, 0.25) is 0 Å². The molecule has 0 saturated carbocycles. The summed E-state index contributed by atoms with van der Waals surface area (Å²) in [6, 6.07) is 23.4. The van der Waals surface area contributed by atoms with Crippen LogP contribution < -0.4 is 5.32 Å². The molecule has 2 heterocycles. The van der Waals surface area contributed by atoms with Crippen molar-refractivity contribution in [3.8, 4) is 0 Å². The van der Waals surface area contributed by atoms with Crippen molar-refractivity contribution in [3.63, 3.8) is 0 Å². The quantitative estimate of drug-likeness (QED) is 0.324. The van der Waals surface area contributed by atoms with Gasteiger partial charge in [0.05, 0.1) is 23.8 Å². The van der Waals surface area contributed by atoms with Gasteiger partial charge in [-0.25, -0.2) is 15.0 Å². The van der Waals surface area contributed by atoms with Gasteiger partial charge in [0.25, 0.3) is 5.91 Å². The second-order valence-corrected chi connectivity index (χ2v) is 9.46. The summed E-state index contributed by atoms with van der Waals surface area (Å²) in [5.74, 6) is -0.188. The molecule has 1 unspecified atom stereocenters. The normalized spacial score (nSPS) is 16.9. The second kappa shape index (κ2) is 9.18. The van der Waals surface area contributed by atoms with E-state index in [1.165, 1.54) is 0 Å². The van der Waals surface area contributed by atoms with Gasteiger partial charge in [-0.3, -0.25) is 9.63 Å². The number of fused-ring (bicyclic) bond motifs is 3. The van der Waals surface area contributed by atoms with Crippen molar-refractivity contribution in [3.05, 3.63) is 118 Å². The number of benzene rings is 3. The van der Waals surface area contributed by atoms with Crippen molar-refractivity contribution < 1.29 is 9.63 Å². The molecular formula is C29H21BrN4O2. The van der Waals surface area contributed by atoms with Crippen LogP contribution in [0.1, 0.15) is 15.9 Å². The third kappa shape index (κ3) is 4.12. The van der Waals surface area contributed by atoms with E-state index >= 15 is 0 Å². The van der Waals surface area contributed by atoms with Crippen molar-refractivity contribution >= 4 is 55.7 Å². The molecule has 2 aliphatic rings. The molecule has 36 heavy (non-hydrogen) atoms. The maximum Gasteiger partial charge on any atom is 0.255 e. The number of hydroxylamine groups is 2. The number of para-hydroxylation sites is 1. The summed E-state index contributed by atoms with van der Waals surface area (Å²) in [5, 5.41) is 6.69. The molecule has 1 atom stereocenters. The number of carbonyl (C=O) groups excluding carboxylic acids is 1. The van der Waals surface area contributed by atoms with Crippen molar-refractivity contribution in [2.24, 2.45) is 4.99 Å². The Kier molecular flexibility index (Phi) is 5.71. The summed E-state index contributed by atoms with van der Waals surface area (Å²) in [7, 11) is 1.61. The Morgan fingerprint density at radius 3 is 2.72 bits per heavy atom. The smallest absolute Gasteiger partial charge is 0.255 e. The molecule has 7 heteroatoms. The number of nitrogens with zero attached hydrogens (tertiary/aromatic N) is 3. The number of rotatable bonds is 4. The highest BCUT2D eigenvalue weighted by Gasteiger charge is 2.28. The average Bonchev–Trinajstić information content (AvgIpc) is 2.90. The molecule has 176 valence electrons. The number of halogens is 1. The van der Waals surface area contributed by atoms with Gasteiger partial charge in [0.15, 0.2) is 0 Å². The van der Waals surface area contributed by atoms with Crippen LogP contribution in [0.25, 0.3) is 27.5 Å². The number of nitrogens with one attached hydrogen (secondary N) is 1. The minimum atomic E-state index is -0.188. The first-order chi connectivity index (χ1) is 17.6. The molecule has 3 aromatic carbocycles. The number of amides is 1. The molecule has 0 saturated heterocycles. The topological polar surface area (TPSA) is 66.8 Å². The van der Waals surface area contributed by atoms with E-state index in [9.17, 15) is 4.79 Å². The third-order valence-corrected chi connectivity index (χ3v) is 6.77. The minimum Gasteiger partial charge on any atom is -0.322 e. The zero-order valence-corrected chi connectivity index (χ0v) is 20.9. The zero-order valence-electron chi connectivity index (χ0n) is 19.4. The number of aromatic nitrogens is 1. The number of allylic oxidation sites excluding steroid dienone is 1. The first-order valence-corrected chi connectivity index (χ1v) is 12.3. The Morgan fingerprint density at radius 1 is 1.00 bits per heavy atom. The molecule has 1 aliphatic heterocycles. The van der Waals surface area contributed by atoms with E-state index in [2.05, 4.69) is 32.3 Å². The monoisotopic (exact) mass is 536 g/mol. The van der Waals surface area contributed by atoms with Crippen LogP contribution in [-0.4, -0.2) is 35.4 Å². The molecule has 4 aromatic rings. The molecule has 0 spiro atoms. The van der Waals surface area contributed by atoms with Gasteiger partial charge in [-0.2, -0.15) is 0 Å². The predicted octanol–water partition coefficient (Wildman–Crippen LogP) is 6.02. The molecule has 1 amide bonds. The fourth-order valence-electron chi connectivity index (χ4n) is 4.53. The van der Waals surface area contributed by atoms with E-state index in [0.29, 0.717) is 11.3 Å². The van der Waals surface area contributed by atoms with Gasteiger partial charge in [-0.15, -0.1) is 0 Å². The standard InChI is InChI=1S/C29H21BrN4O2/c1-36-34-17-31-28(19-6-4-7-22(30)15-19)24-16-23(10-12-27(24)34)32-29(35)20-9-11-26-21(14-20)13-18-5-2-3-8-25(18)33-26/h2-17,27H,1H3,(H,32,35). The summed E-state index contributed by atoms with van der Waals surface area (Å²) in [6.07, 6.45) is 7.52. The van der Waals surface area contributed by atoms with E-state index in [1.807, 2.05) is 78.9 Å². The number of aliphatic imine (C=N–C) groups is 1. The Morgan fingerprint density at radius 2 is 1.86 bits per heavy atom. The number of carbonyl (C=O) groups is 1. The molecule has 0 bridgehead atoms. The van der Waals surface area contributed by atoms with Gasteiger partial charge in [0, 0.05) is 37.6 Å². The Hall–Kier alpha value is -4.07. The summed E-state index contributed by atoms with van der Waals surface area (Å²) >= 11 is 3.54. The lowest BCUT2D eigenvalue weighted by atomic mass is 9.94. The summed E-state index contributed by atoms with van der Waals surface area (Å²) in [5.41, 5.74) is 5.78. The maximum atomic E-state index is 13.2. The van der Waals surface area contributed by atoms with Crippen LogP contribution in [0.5, 0.6) is 0 Å². The highest BCUT2D eigenvalue weighted by molar-refractivity contribution is 9.10. The second-order valence-electron chi connectivity index (χ2n) is 8.55. The van der Waals surface area contributed by atoms with Crippen LogP contribution in [-0.2, 0) is 4.84 Å². The van der Waals surface area contributed by atoms with Gasteiger partial charge < -0.3 is 5.32 Å². The first-order valence-electron chi connectivity index (χ1n) is 11.5. The van der Waals surface area contributed by atoms with Gasteiger partial charge >= 0.3 is 0 Å². The van der Waals surface area contributed by atoms with Crippen molar-refractivity contribution in [2.75, 3.05) is 7.11 Å². The highest BCUT2D eigenvalue weighted by Crippen LogP contribution is 2.33. The minimum absolute atomic E-state index is 0.151. The summed E-state index contributed by atoms with van der Waals surface area (Å²) < 4.78 is 0.969. The largest absolute Gasteiger partial charge is 0.322 e. The molecule has 1 aliphatic carbocycles. The first kappa shape index (κ1) is 22.4. The van der Waals surface area contributed by atoms with Crippen LogP contribution in [0.4, 0.5) is 0 Å². The third-order valence-electron chi connectivity index (χ3n) is 6.28. The summed E-state index contributed by atoms with van der Waals surface area (Å²) in [4.78, 5) is 28.0. The number of pyridine rings is 1. The molecule has 1 aromatic heterocycles. The lowest BCUT2D eigenvalue weighted by molar-refractivity contribution is -0.0712. The van der Waals surface area contributed by atoms with E-state index in [-0.39, 0.29) is 11.9 Å². The molecule has 0 radical (unpaired) electrons. The van der Waals surface area contributed by atoms with Crippen molar-refractivity contribution in [1.82, 2.24) is 15.4 Å². The van der Waals surface area contributed by atoms with Gasteiger partial charge in [0.1, 0.15) is 12.4 Å². The Bertz CT molecular complexity index is 1650. The van der Waals surface area contributed by atoms with Crippen LogP contribution in [0, 0.1) is 0 Å². The van der Waals surface area contributed by atoms with Gasteiger partial charge in [0.2, 0.25) is 0 Å². The number of hydrogen-bond acceptors (Lipinski definition) is 5. The number of hydrogen-bond donors (Lipinski definition) is 1. The SMILES string of the molecule is CON1C=NC(c2cccc(Br)c2)=C2C=C(NC(=O)c3ccc4nc5ccccc5cc4c3)C=CC21. The molecule has 6 nitrogen and oxygen atoms in total. The lowest BCUT2D eigenvalue weighted by Crippen LogP contribution is -2.37. The maximum absolute atomic E-state index is 13.2. The molecule has 1 N–H and O–H groups in total. The summed E-state index contributed by atoms with van der Waals surface area (Å²) in [6.45, 7) is 0. The van der Waals surface area contributed by atoms with E-state index in [1.54, 1.807) is 24.6 Å².